The summed E-state index contributed by atoms with van der Waals surface area (Å²) < 4.78 is 0. The highest BCUT2D eigenvalue weighted by Crippen LogP contribution is 2.23. The number of hydrogen-bond acceptors (Lipinski definition) is 4. The van der Waals surface area contributed by atoms with Crippen molar-refractivity contribution in [1.29, 1.82) is 0 Å². The first-order valence-corrected chi connectivity index (χ1v) is 8.38. The predicted octanol–water partition coefficient (Wildman–Crippen LogP) is 4.14. The molecule has 0 aromatic carbocycles. The summed E-state index contributed by atoms with van der Waals surface area (Å²) in [6.45, 7) is 11.8. The number of rotatable bonds is 5. The Labute approximate surface area is 131 Å². The van der Waals surface area contributed by atoms with E-state index in [-0.39, 0.29) is 5.54 Å². The quantitative estimate of drug-likeness (QED) is 0.843. The summed E-state index contributed by atoms with van der Waals surface area (Å²) in [5.74, 6) is 0.858. The second kappa shape index (κ2) is 6.67. The molecule has 0 atom stereocenters. The second-order valence-electron chi connectivity index (χ2n) is 6.45. The maximum Gasteiger partial charge on any atom is 0.169 e. The third kappa shape index (κ3) is 4.61. The third-order valence-corrected chi connectivity index (χ3v) is 4.29. The smallest absolute Gasteiger partial charge is 0.169 e. The molecule has 0 bridgehead atoms. The fourth-order valence-corrected chi connectivity index (χ4v) is 3.00. The van der Waals surface area contributed by atoms with Crippen LogP contribution >= 0.6 is 11.3 Å². The Hall–Kier alpha value is -1.26. The molecule has 21 heavy (non-hydrogen) atoms. The molecule has 2 aromatic rings. The van der Waals surface area contributed by atoms with Gasteiger partial charge >= 0.3 is 0 Å². The summed E-state index contributed by atoms with van der Waals surface area (Å²) in [7, 11) is 0. The van der Waals surface area contributed by atoms with E-state index in [1.807, 2.05) is 6.07 Å². The summed E-state index contributed by atoms with van der Waals surface area (Å²) in [6, 6.07) is 4.12. The standard InChI is InChI=1S/C17H25N3S/c1-12-14(8-6-10-18-17(3,4)5)13(2)20-16(19-12)15-9-7-11-21-15/h7,9,11,18H,6,8,10H2,1-5H3. The lowest BCUT2D eigenvalue weighted by Crippen LogP contribution is -2.36. The van der Waals surface area contributed by atoms with Crippen LogP contribution in [0.1, 0.15) is 44.1 Å². The minimum atomic E-state index is 0.184. The molecule has 2 heterocycles. The van der Waals surface area contributed by atoms with Crippen molar-refractivity contribution >= 4 is 11.3 Å². The number of aryl methyl sites for hydroxylation is 2. The molecule has 0 radical (unpaired) electrons. The number of nitrogens with zero attached hydrogens (tertiary/aromatic N) is 2. The molecule has 2 rings (SSSR count). The average Bonchev–Trinajstić information content (AvgIpc) is 2.89. The van der Waals surface area contributed by atoms with Crippen LogP contribution in [0, 0.1) is 13.8 Å². The van der Waals surface area contributed by atoms with Gasteiger partial charge in [0.05, 0.1) is 4.88 Å². The van der Waals surface area contributed by atoms with Crippen molar-refractivity contribution in [3.8, 4) is 10.7 Å². The van der Waals surface area contributed by atoms with Crippen molar-refractivity contribution in [2.75, 3.05) is 6.54 Å². The van der Waals surface area contributed by atoms with Gasteiger partial charge in [-0.25, -0.2) is 9.97 Å². The van der Waals surface area contributed by atoms with Crippen molar-refractivity contribution in [1.82, 2.24) is 15.3 Å². The van der Waals surface area contributed by atoms with Crippen LogP contribution in [0.4, 0.5) is 0 Å². The Bertz CT molecular complexity index is 560. The summed E-state index contributed by atoms with van der Waals surface area (Å²) in [5.41, 5.74) is 3.71. The van der Waals surface area contributed by atoms with E-state index in [0.29, 0.717) is 0 Å². The first-order valence-electron chi connectivity index (χ1n) is 7.50. The van der Waals surface area contributed by atoms with Gasteiger partial charge in [0.2, 0.25) is 0 Å². The lowest BCUT2D eigenvalue weighted by Gasteiger charge is -2.20. The highest BCUT2D eigenvalue weighted by atomic mass is 32.1. The second-order valence-corrected chi connectivity index (χ2v) is 7.40. The van der Waals surface area contributed by atoms with Gasteiger partial charge < -0.3 is 5.32 Å². The molecule has 114 valence electrons. The van der Waals surface area contributed by atoms with Crippen molar-refractivity contribution in [2.45, 2.75) is 53.0 Å². The minimum Gasteiger partial charge on any atom is -0.312 e. The summed E-state index contributed by atoms with van der Waals surface area (Å²) >= 11 is 1.69. The van der Waals surface area contributed by atoms with Crippen molar-refractivity contribution in [2.24, 2.45) is 0 Å². The molecule has 0 spiro atoms. The van der Waals surface area contributed by atoms with Crippen LogP contribution < -0.4 is 5.32 Å². The van der Waals surface area contributed by atoms with Gasteiger partial charge in [-0.3, -0.25) is 0 Å². The van der Waals surface area contributed by atoms with Crippen molar-refractivity contribution < 1.29 is 0 Å². The Kier molecular flexibility index (Phi) is 5.12. The zero-order valence-electron chi connectivity index (χ0n) is 13.7. The van der Waals surface area contributed by atoms with E-state index in [1.54, 1.807) is 11.3 Å². The third-order valence-electron chi connectivity index (χ3n) is 3.42. The monoisotopic (exact) mass is 303 g/mol. The fourth-order valence-electron chi connectivity index (χ4n) is 2.35. The van der Waals surface area contributed by atoms with Crippen LogP contribution in [-0.2, 0) is 6.42 Å². The molecular weight excluding hydrogens is 278 g/mol. The highest BCUT2D eigenvalue weighted by molar-refractivity contribution is 7.13. The molecule has 0 fully saturated rings. The van der Waals surface area contributed by atoms with Gasteiger partial charge in [0.25, 0.3) is 0 Å². The summed E-state index contributed by atoms with van der Waals surface area (Å²) in [4.78, 5) is 10.5. The number of thiophene rings is 1. The molecule has 3 nitrogen and oxygen atoms in total. The van der Waals surface area contributed by atoms with Gasteiger partial charge in [-0.15, -0.1) is 11.3 Å². The molecule has 0 saturated heterocycles. The van der Waals surface area contributed by atoms with Crippen molar-refractivity contribution in [3.05, 3.63) is 34.5 Å². The number of nitrogens with one attached hydrogen (secondary N) is 1. The van der Waals surface area contributed by atoms with E-state index in [4.69, 9.17) is 0 Å². The largest absolute Gasteiger partial charge is 0.312 e. The summed E-state index contributed by atoms with van der Waals surface area (Å²) in [6.07, 6.45) is 2.14. The molecule has 0 aliphatic heterocycles. The predicted molar refractivity (Wildman–Crippen MR) is 90.9 cm³/mol. The molecule has 0 aliphatic rings. The van der Waals surface area contributed by atoms with E-state index >= 15 is 0 Å². The van der Waals surface area contributed by atoms with E-state index in [2.05, 4.69) is 61.3 Å². The van der Waals surface area contributed by atoms with Crippen LogP contribution in [0.2, 0.25) is 0 Å². The van der Waals surface area contributed by atoms with E-state index < -0.39 is 0 Å². The maximum absolute atomic E-state index is 4.68. The van der Waals surface area contributed by atoms with Gasteiger partial charge in [-0.05, 0) is 71.0 Å². The Morgan fingerprint density at radius 2 is 1.81 bits per heavy atom. The Balaban J connectivity index is 2.04. The van der Waals surface area contributed by atoms with Crippen LogP contribution in [0.25, 0.3) is 10.7 Å². The number of aromatic nitrogens is 2. The topological polar surface area (TPSA) is 37.8 Å². The number of hydrogen-bond donors (Lipinski definition) is 1. The molecular formula is C17H25N3S. The van der Waals surface area contributed by atoms with Crippen LogP contribution in [-0.4, -0.2) is 22.1 Å². The SMILES string of the molecule is Cc1nc(-c2cccs2)nc(C)c1CCCNC(C)(C)C. The normalized spacial score (nSPS) is 11.9. The molecule has 0 aliphatic carbocycles. The van der Waals surface area contributed by atoms with Gasteiger partial charge in [0.15, 0.2) is 5.82 Å². The van der Waals surface area contributed by atoms with Crippen LogP contribution in [0.15, 0.2) is 17.5 Å². The van der Waals surface area contributed by atoms with Crippen molar-refractivity contribution in [3.63, 3.8) is 0 Å². The van der Waals surface area contributed by atoms with E-state index in [1.165, 1.54) is 5.56 Å². The maximum atomic E-state index is 4.68. The molecule has 0 unspecified atom stereocenters. The van der Waals surface area contributed by atoms with Gasteiger partial charge in [0.1, 0.15) is 0 Å². The Morgan fingerprint density at radius 3 is 2.33 bits per heavy atom. The van der Waals surface area contributed by atoms with E-state index in [9.17, 15) is 0 Å². The molecule has 0 amide bonds. The average molecular weight is 303 g/mol. The summed E-state index contributed by atoms with van der Waals surface area (Å²) in [5, 5.41) is 5.59. The zero-order valence-corrected chi connectivity index (χ0v) is 14.5. The minimum absolute atomic E-state index is 0.184. The van der Waals surface area contributed by atoms with Gasteiger partial charge in [-0.1, -0.05) is 6.07 Å². The first-order chi connectivity index (χ1) is 9.87. The molecule has 0 saturated carbocycles. The first kappa shape index (κ1) is 16.1. The Morgan fingerprint density at radius 1 is 1.14 bits per heavy atom. The lowest BCUT2D eigenvalue weighted by molar-refractivity contribution is 0.422. The highest BCUT2D eigenvalue weighted by Gasteiger charge is 2.11. The fraction of sp³-hybridized carbons (Fsp3) is 0.529. The van der Waals surface area contributed by atoms with Crippen LogP contribution in [0.3, 0.4) is 0 Å². The molecule has 2 aromatic heterocycles. The molecule has 1 N–H and O–H groups in total. The van der Waals surface area contributed by atoms with Crippen LogP contribution in [0.5, 0.6) is 0 Å². The lowest BCUT2D eigenvalue weighted by atomic mass is 10.1. The van der Waals surface area contributed by atoms with E-state index in [0.717, 1.165) is 41.5 Å². The van der Waals surface area contributed by atoms with Gasteiger partial charge in [-0.2, -0.15) is 0 Å². The molecule has 4 heteroatoms. The zero-order chi connectivity index (χ0) is 15.5. The van der Waals surface area contributed by atoms with Gasteiger partial charge in [0, 0.05) is 16.9 Å².